The Morgan fingerprint density at radius 3 is 2.72 bits per heavy atom. The quantitative estimate of drug-likeness (QED) is 0.771. The van der Waals surface area contributed by atoms with Gasteiger partial charge in [-0.1, -0.05) is 20.3 Å². The fourth-order valence-electron chi connectivity index (χ4n) is 1.85. The van der Waals surface area contributed by atoms with Crippen molar-refractivity contribution >= 4 is 0 Å². The van der Waals surface area contributed by atoms with Crippen LogP contribution in [0.15, 0.2) is 12.3 Å². The topological polar surface area (TPSA) is 61.0 Å². The van der Waals surface area contributed by atoms with Gasteiger partial charge in [0.05, 0.1) is 0 Å². The molecule has 0 saturated carbocycles. The first kappa shape index (κ1) is 15.1. The second kappa shape index (κ2) is 8.16. The van der Waals surface area contributed by atoms with Gasteiger partial charge in [-0.25, -0.2) is 9.97 Å². The molecule has 0 saturated heterocycles. The van der Waals surface area contributed by atoms with Gasteiger partial charge in [-0.2, -0.15) is 0 Å². The molecule has 4 heteroatoms. The normalized spacial score (nSPS) is 14.4. The van der Waals surface area contributed by atoms with Gasteiger partial charge >= 0.3 is 0 Å². The smallest absolute Gasteiger partial charge is 0.157 e. The van der Waals surface area contributed by atoms with Crippen LogP contribution in [0.25, 0.3) is 0 Å². The van der Waals surface area contributed by atoms with E-state index >= 15 is 0 Å². The summed E-state index contributed by atoms with van der Waals surface area (Å²) in [6.07, 6.45) is 5.60. The summed E-state index contributed by atoms with van der Waals surface area (Å²) < 4.78 is 5.70. The maximum Gasteiger partial charge on any atom is 0.157 e. The molecule has 0 spiro atoms. The second-order valence-corrected chi connectivity index (χ2v) is 4.51. The Kier molecular flexibility index (Phi) is 6.83. The van der Waals surface area contributed by atoms with E-state index in [1.165, 1.54) is 0 Å². The molecule has 1 aromatic heterocycles. The van der Waals surface area contributed by atoms with E-state index in [2.05, 4.69) is 23.8 Å². The lowest BCUT2D eigenvalue weighted by molar-refractivity contribution is 0.0492. The van der Waals surface area contributed by atoms with Gasteiger partial charge in [-0.15, -0.1) is 0 Å². The molecule has 0 fully saturated rings. The van der Waals surface area contributed by atoms with Crippen LogP contribution in [-0.4, -0.2) is 22.6 Å². The molecule has 0 aliphatic heterocycles. The molecule has 1 heterocycles. The summed E-state index contributed by atoms with van der Waals surface area (Å²) in [6.45, 7) is 6.92. The van der Waals surface area contributed by atoms with E-state index in [-0.39, 0.29) is 12.1 Å². The van der Waals surface area contributed by atoms with Gasteiger partial charge in [0.1, 0.15) is 6.10 Å². The molecule has 2 unspecified atom stereocenters. The third-order valence-corrected chi connectivity index (χ3v) is 2.93. The summed E-state index contributed by atoms with van der Waals surface area (Å²) in [7, 11) is 0. The third kappa shape index (κ3) is 4.70. The Balaban J connectivity index is 2.77. The van der Waals surface area contributed by atoms with Crippen molar-refractivity contribution < 1.29 is 4.74 Å². The molecule has 0 aliphatic carbocycles. The van der Waals surface area contributed by atoms with Gasteiger partial charge in [-0.3, -0.25) is 0 Å². The third-order valence-electron chi connectivity index (χ3n) is 2.93. The summed E-state index contributed by atoms with van der Waals surface area (Å²) in [5.74, 6) is 0.791. The molecule has 0 amide bonds. The summed E-state index contributed by atoms with van der Waals surface area (Å²) in [5, 5.41) is 0. The van der Waals surface area contributed by atoms with Crippen LogP contribution in [0.2, 0.25) is 0 Å². The second-order valence-electron chi connectivity index (χ2n) is 4.51. The van der Waals surface area contributed by atoms with Crippen LogP contribution in [0.1, 0.15) is 57.7 Å². The highest BCUT2D eigenvalue weighted by Crippen LogP contribution is 2.19. The molecule has 1 aromatic rings. The Bertz CT molecular complexity index is 338. The molecule has 2 atom stereocenters. The summed E-state index contributed by atoms with van der Waals surface area (Å²) >= 11 is 0. The zero-order valence-electron chi connectivity index (χ0n) is 11.7. The van der Waals surface area contributed by atoms with E-state index in [9.17, 15) is 0 Å². The lowest BCUT2D eigenvalue weighted by atomic mass is 10.1. The predicted octanol–water partition coefficient (Wildman–Crippen LogP) is 2.63. The molecule has 2 N–H and O–H groups in total. The van der Waals surface area contributed by atoms with Crippen LogP contribution in [-0.2, 0) is 11.2 Å². The number of hydrogen-bond donors (Lipinski definition) is 1. The Hall–Kier alpha value is -1.00. The van der Waals surface area contributed by atoms with Crippen LogP contribution in [0.3, 0.4) is 0 Å². The van der Waals surface area contributed by atoms with Crippen molar-refractivity contribution in [2.45, 2.75) is 58.6 Å². The molecule has 18 heavy (non-hydrogen) atoms. The van der Waals surface area contributed by atoms with Gasteiger partial charge in [0.2, 0.25) is 0 Å². The van der Waals surface area contributed by atoms with Gasteiger partial charge in [0, 0.05) is 31.0 Å². The lowest BCUT2D eigenvalue weighted by Crippen LogP contribution is -2.22. The van der Waals surface area contributed by atoms with Gasteiger partial charge in [0.15, 0.2) is 5.82 Å². The zero-order chi connectivity index (χ0) is 13.4. The highest BCUT2D eigenvalue weighted by Gasteiger charge is 2.14. The first-order valence-electron chi connectivity index (χ1n) is 6.90. The fourth-order valence-corrected chi connectivity index (χ4v) is 1.85. The number of aromatic nitrogens is 2. The SMILES string of the molecule is CCCC(OCC)c1nccc(CC(N)CC)n1. The van der Waals surface area contributed by atoms with Gasteiger partial charge in [-0.05, 0) is 25.8 Å². The minimum absolute atomic E-state index is 0.0119. The maximum atomic E-state index is 5.96. The highest BCUT2D eigenvalue weighted by atomic mass is 16.5. The van der Waals surface area contributed by atoms with Crippen LogP contribution >= 0.6 is 0 Å². The first-order valence-corrected chi connectivity index (χ1v) is 6.90. The van der Waals surface area contributed by atoms with E-state index < -0.39 is 0 Å². The van der Waals surface area contributed by atoms with E-state index in [0.29, 0.717) is 6.61 Å². The van der Waals surface area contributed by atoms with Gasteiger partial charge < -0.3 is 10.5 Å². The van der Waals surface area contributed by atoms with Crippen LogP contribution < -0.4 is 5.73 Å². The standard InChI is InChI=1S/C14H25N3O/c1-4-7-13(18-6-3)14-16-9-8-12(17-14)10-11(15)5-2/h8-9,11,13H,4-7,10,15H2,1-3H3. The molecule has 1 rings (SSSR count). The number of ether oxygens (including phenoxy) is 1. The van der Waals surface area contributed by atoms with Crippen molar-refractivity contribution in [3.05, 3.63) is 23.8 Å². The van der Waals surface area contributed by atoms with Crippen molar-refractivity contribution in [2.75, 3.05) is 6.61 Å². The number of hydrogen-bond acceptors (Lipinski definition) is 4. The number of nitrogens with zero attached hydrogens (tertiary/aromatic N) is 2. The fraction of sp³-hybridized carbons (Fsp3) is 0.714. The van der Waals surface area contributed by atoms with Crippen molar-refractivity contribution in [3.63, 3.8) is 0 Å². The van der Waals surface area contributed by atoms with E-state index in [4.69, 9.17) is 10.5 Å². The molecule has 0 radical (unpaired) electrons. The molecule has 102 valence electrons. The maximum absolute atomic E-state index is 5.96. The summed E-state index contributed by atoms with van der Waals surface area (Å²) in [4.78, 5) is 8.92. The molecule has 0 aliphatic rings. The largest absolute Gasteiger partial charge is 0.371 e. The predicted molar refractivity (Wildman–Crippen MR) is 73.3 cm³/mol. The highest BCUT2D eigenvalue weighted by molar-refractivity contribution is 5.06. The van der Waals surface area contributed by atoms with Crippen LogP contribution in [0, 0.1) is 0 Å². The monoisotopic (exact) mass is 251 g/mol. The van der Waals surface area contributed by atoms with Crippen molar-refractivity contribution in [1.29, 1.82) is 0 Å². The number of rotatable bonds is 8. The van der Waals surface area contributed by atoms with Crippen LogP contribution in [0.5, 0.6) is 0 Å². The minimum atomic E-state index is 0.0119. The Morgan fingerprint density at radius 1 is 1.33 bits per heavy atom. The van der Waals surface area contributed by atoms with E-state index in [1.54, 1.807) is 0 Å². The van der Waals surface area contributed by atoms with Crippen molar-refractivity contribution in [2.24, 2.45) is 5.73 Å². The van der Waals surface area contributed by atoms with Gasteiger partial charge in [0.25, 0.3) is 0 Å². The first-order chi connectivity index (χ1) is 8.71. The summed E-state index contributed by atoms with van der Waals surface area (Å²) in [6, 6.07) is 2.11. The lowest BCUT2D eigenvalue weighted by Gasteiger charge is -2.16. The Morgan fingerprint density at radius 2 is 2.11 bits per heavy atom. The molecular formula is C14H25N3O. The molecule has 4 nitrogen and oxygen atoms in total. The number of nitrogens with two attached hydrogens (primary N) is 1. The molecular weight excluding hydrogens is 226 g/mol. The van der Waals surface area contributed by atoms with Crippen LogP contribution in [0.4, 0.5) is 0 Å². The summed E-state index contributed by atoms with van der Waals surface area (Å²) in [5.41, 5.74) is 6.97. The average Bonchev–Trinajstić information content (AvgIpc) is 2.38. The van der Waals surface area contributed by atoms with E-state index in [0.717, 1.165) is 37.2 Å². The zero-order valence-corrected chi connectivity index (χ0v) is 11.7. The minimum Gasteiger partial charge on any atom is -0.371 e. The molecule has 0 aromatic carbocycles. The average molecular weight is 251 g/mol. The Labute approximate surface area is 110 Å². The van der Waals surface area contributed by atoms with E-state index in [1.807, 2.05) is 19.2 Å². The van der Waals surface area contributed by atoms with Crippen molar-refractivity contribution in [3.8, 4) is 0 Å². The van der Waals surface area contributed by atoms with Crippen molar-refractivity contribution in [1.82, 2.24) is 9.97 Å². The molecule has 0 bridgehead atoms.